The zero-order chi connectivity index (χ0) is 18.7. The molecule has 146 valence electrons. The third-order valence-electron chi connectivity index (χ3n) is 6.33. The van der Waals surface area contributed by atoms with Gasteiger partial charge in [-0.3, -0.25) is 9.69 Å². The summed E-state index contributed by atoms with van der Waals surface area (Å²) in [7, 11) is 0. The number of amides is 2. The normalized spacial score (nSPS) is 27.3. The van der Waals surface area contributed by atoms with Crippen molar-refractivity contribution in [2.75, 3.05) is 39.3 Å². The second-order valence-electron chi connectivity index (χ2n) is 8.12. The van der Waals surface area contributed by atoms with Gasteiger partial charge in [0.15, 0.2) is 0 Å². The SMILES string of the molecule is O=C1NCC2(CCCN(C(=O)CN3CCC(c4ccccc4)CC3)CC2)O1. The number of ether oxygens (including phenoxy) is 1. The molecule has 1 N–H and O–H groups in total. The number of nitrogens with zero attached hydrogens (tertiary/aromatic N) is 2. The van der Waals surface area contributed by atoms with E-state index in [0.717, 1.165) is 51.7 Å². The highest BCUT2D eigenvalue weighted by atomic mass is 16.6. The van der Waals surface area contributed by atoms with Crippen LogP contribution in [0.15, 0.2) is 30.3 Å². The molecule has 3 saturated heterocycles. The van der Waals surface area contributed by atoms with E-state index in [-0.39, 0.29) is 12.0 Å². The Balaban J connectivity index is 1.25. The predicted octanol–water partition coefficient (Wildman–Crippen LogP) is 2.36. The van der Waals surface area contributed by atoms with Crippen molar-refractivity contribution >= 4 is 12.0 Å². The Bertz CT molecular complexity index is 673. The van der Waals surface area contributed by atoms with Crippen molar-refractivity contribution in [3.63, 3.8) is 0 Å². The minimum atomic E-state index is -0.403. The number of alkyl carbamates (subject to hydrolysis) is 1. The number of hydrogen-bond acceptors (Lipinski definition) is 4. The van der Waals surface area contributed by atoms with Crippen LogP contribution in [0.1, 0.15) is 43.6 Å². The standard InChI is InChI=1S/C21H29N3O3/c25-19(24-11-4-9-21(10-14-24)16-22-20(26)27-21)15-23-12-7-18(8-13-23)17-5-2-1-3-6-17/h1-3,5-6,18H,4,7-16H2,(H,22,26). The highest BCUT2D eigenvalue weighted by Crippen LogP contribution is 2.30. The number of carbonyl (C=O) groups is 2. The largest absolute Gasteiger partial charge is 0.441 e. The lowest BCUT2D eigenvalue weighted by Crippen LogP contribution is -2.44. The van der Waals surface area contributed by atoms with Crippen LogP contribution >= 0.6 is 0 Å². The molecule has 27 heavy (non-hydrogen) atoms. The van der Waals surface area contributed by atoms with Crippen molar-refractivity contribution in [3.8, 4) is 0 Å². The van der Waals surface area contributed by atoms with Gasteiger partial charge in [-0.2, -0.15) is 0 Å². The maximum Gasteiger partial charge on any atom is 0.407 e. The van der Waals surface area contributed by atoms with Gasteiger partial charge in [0.05, 0.1) is 13.1 Å². The summed E-state index contributed by atoms with van der Waals surface area (Å²) in [6, 6.07) is 10.7. The van der Waals surface area contributed by atoms with E-state index in [0.29, 0.717) is 25.6 Å². The smallest absolute Gasteiger partial charge is 0.407 e. The number of piperidine rings is 1. The fraction of sp³-hybridized carbons (Fsp3) is 0.619. The minimum Gasteiger partial charge on any atom is -0.441 e. The Morgan fingerprint density at radius 2 is 1.89 bits per heavy atom. The van der Waals surface area contributed by atoms with Crippen LogP contribution in [0.3, 0.4) is 0 Å². The number of benzene rings is 1. The summed E-state index contributed by atoms with van der Waals surface area (Å²) >= 11 is 0. The lowest BCUT2D eigenvalue weighted by molar-refractivity contribution is -0.132. The van der Waals surface area contributed by atoms with Crippen LogP contribution in [-0.2, 0) is 9.53 Å². The molecule has 1 spiro atoms. The summed E-state index contributed by atoms with van der Waals surface area (Å²) in [5, 5.41) is 2.76. The van der Waals surface area contributed by atoms with Gasteiger partial charge in [-0.05, 0) is 50.3 Å². The van der Waals surface area contributed by atoms with E-state index in [1.165, 1.54) is 5.56 Å². The molecule has 3 heterocycles. The molecule has 2 amide bonds. The van der Waals surface area contributed by atoms with E-state index in [1.54, 1.807) is 0 Å². The molecule has 3 aliphatic heterocycles. The van der Waals surface area contributed by atoms with Crippen LogP contribution < -0.4 is 5.32 Å². The maximum atomic E-state index is 12.8. The van der Waals surface area contributed by atoms with E-state index in [9.17, 15) is 9.59 Å². The molecule has 6 heteroatoms. The molecule has 0 bridgehead atoms. The summed E-state index contributed by atoms with van der Waals surface area (Å²) < 4.78 is 5.50. The lowest BCUT2D eigenvalue weighted by atomic mass is 9.89. The zero-order valence-corrected chi connectivity index (χ0v) is 15.9. The quantitative estimate of drug-likeness (QED) is 0.886. The lowest BCUT2D eigenvalue weighted by Gasteiger charge is -2.33. The molecule has 1 aromatic carbocycles. The third kappa shape index (κ3) is 4.26. The van der Waals surface area contributed by atoms with Gasteiger partial charge in [0.2, 0.25) is 5.91 Å². The minimum absolute atomic E-state index is 0.211. The highest BCUT2D eigenvalue weighted by molar-refractivity contribution is 5.78. The van der Waals surface area contributed by atoms with Gasteiger partial charge >= 0.3 is 6.09 Å². The van der Waals surface area contributed by atoms with Crippen molar-refractivity contribution in [2.24, 2.45) is 0 Å². The molecule has 4 rings (SSSR count). The predicted molar refractivity (Wildman–Crippen MR) is 103 cm³/mol. The second-order valence-corrected chi connectivity index (χ2v) is 8.12. The van der Waals surface area contributed by atoms with Crippen molar-refractivity contribution in [3.05, 3.63) is 35.9 Å². The van der Waals surface area contributed by atoms with Gasteiger partial charge < -0.3 is 15.0 Å². The van der Waals surface area contributed by atoms with Crippen LogP contribution in [-0.4, -0.2) is 66.7 Å². The van der Waals surface area contributed by atoms with E-state index in [2.05, 4.69) is 40.5 Å². The molecule has 6 nitrogen and oxygen atoms in total. The molecule has 1 unspecified atom stereocenters. The molecule has 0 radical (unpaired) electrons. The number of rotatable bonds is 3. The summed E-state index contributed by atoms with van der Waals surface area (Å²) in [6.07, 6.45) is 4.35. The first-order valence-electron chi connectivity index (χ1n) is 10.2. The first kappa shape index (κ1) is 18.3. The zero-order valence-electron chi connectivity index (χ0n) is 15.9. The van der Waals surface area contributed by atoms with E-state index in [1.807, 2.05) is 4.90 Å². The van der Waals surface area contributed by atoms with Crippen molar-refractivity contribution in [1.82, 2.24) is 15.1 Å². The van der Waals surface area contributed by atoms with Gasteiger partial charge in [0.1, 0.15) is 5.60 Å². The first-order valence-corrected chi connectivity index (χ1v) is 10.2. The third-order valence-corrected chi connectivity index (χ3v) is 6.33. The maximum absolute atomic E-state index is 12.8. The summed E-state index contributed by atoms with van der Waals surface area (Å²) in [5.41, 5.74) is 1.01. The molecule has 3 aliphatic rings. The summed E-state index contributed by atoms with van der Waals surface area (Å²) in [5.74, 6) is 0.822. The fourth-order valence-corrected chi connectivity index (χ4v) is 4.64. The Hall–Kier alpha value is -2.08. The average molecular weight is 371 g/mol. The molecule has 0 aliphatic carbocycles. The van der Waals surface area contributed by atoms with Crippen molar-refractivity contribution in [2.45, 2.75) is 43.6 Å². The number of nitrogens with one attached hydrogen (secondary N) is 1. The number of hydrogen-bond donors (Lipinski definition) is 1. The van der Waals surface area contributed by atoms with Crippen LogP contribution in [0.2, 0.25) is 0 Å². The topological polar surface area (TPSA) is 61.9 Å². The van der Waals surface area contributed by atoms with E-state index < -0.39 is 5.60 Å². The average Bonchev–Trinajstić information content (AvgIpc) is 2.93. The summed E-state index contributed by atoms with van der Waals surface area (Å²) in [4.78, 5) is 28.5. The molecule has 1 aromatic rings. The van der Waals surface area contributed by atoms with Crippen molar-refractivity contribution in [1.29, 1.82) is 0 Å². The van der Waals surface area contributed by atoms with Gasteiger partial charge in [-0.1, -0.05) is 30.3 Å². The van der Waals surface area contributed by atoms with Gasteiger partial charge in [-0.15, -0.1) is 0 Å². The van der Waals surface area contributed by atoms with Crippen molar-refractivity contribution < 1.29 is 14.3 Å². The molecular weight excluding hydrogens is 342 g/mol. The Morgan fingerprint density at radius 1 is 1.11 bits per heavy atom. The van der Waals surface area contributed by atoms with Crippen LogP contribution in [0, 0.1) is 0 Å². The van der Waals surface area contributed by atoms with Crippen LogP contribution in [0.5, 0.6) is 0 Å². The number of carbonyl (C=O) groups excluding carboxylic acids is 2. The molecule has 0 aromatic heterocycles. The van der Waals surface area contributed by atoms with E-state index >= 15 is 0 Å². The van der Waals surface area contributed by atoms with Crippen LogP contribution in [0.4, 0.5) is 4.79 Å². The van der Waals surface area contributed by atoms with Gasteiger partial charge in [0, 0.05) is 19.5 Å². The second kappa shape index (κ2) is 7.89. The van der Waals surface area contributed by atoms with Gasteiger partial charge in [-0.25, -0.2) is 4.79 Å². The Kier molecular flexibility index (Phi) is 5.34. The number of likely N-dealkylation sites (tertiary alicyclic amines) is 2. The summed E-state index contributed by atoms with van der Waals surface area (Å²) in [6.45, 7) is 4.47. The molecular formula is C21H29N3O3. The van der Waals surface area contributed by atoms with Gasteiger partial charge in [0.25, 0.3) is 0 Å². The van der Waals surface area contributed by atoms with E-state index in [4.69, 9.17) is 4.74 Å². The first-order chi connectivity index (χ1) is 13.1. The Labute approximate surface area is 160 Å². The van der Waals surface area contributed by atoms with Crippen LogP contribution in [0.25, 0.3) is 0 Å². The monoisotopic (exact) mass is 371 g/mol. The molecule has 1 atom stereocenters. The molecule has 3 fully saturated rings. The highest BCUT2D eigenvalue weighted by Gasteiger charge is 2.41. The molecule has 0 saturated carbocycles. The fourth-order valence-electron chi connectivity index (χ4n) is 4.64. The Morgan fingerprint density at radius 3 is 2.59 bits per heavy atom.